The van der Waals surface area contributed by atoms with Crippen LogP contribution in [0.15, 0.2) is 78.5 Å². The largest absolute Gasteiger partial charge is 0.489 e. The fourth-order valence-corrected chi connectivity index (χ4v) is 3.27. The molecule has 5 heteroatoms. The third-order valence-electron chi connectivity index (χ3n) is 5.14. The van der Waals surface area contributed by atoms with Crippen molar-refractivity contribution in [2.75, 3.05) is 0 Å². The lowest BCUT2D eigenvalue weighted by Crippen LogP contribution is -2.30. The molecule has 0 aliphatic carbocycles. The predicted molar refractivity (Wildman–Crippen MR) is 120 cm³/mol. The van der Waals surface area contributed by atoms with Crippen LogP contribution in [-0.4, -0.2) is 16.8 Å². The van der Waals surface area contributed by atoms with E-state index in [1.807, 2.05) is 67.6 Å². The van der Waals surface area contributed by atoms with E-state index in [2.05, 4.69) is 24.4 Å². The highest BCUT2D eigenvalue weighted by atomic mass is 16.5. The molecule has 31 heavy (non-hydrogen) atoms. The molecule has 0 unspecified atom stereocenters. The molecule has 1 fully saturated rings. The average Bonchev–Trinajstić information content (AvgIpc) is 3.03. The molecule has 1 heterocycles. The minimum atomic E-state index is -0.408. The highest BCUT2D eigenvalue weighted by Crippen LogP contribution is 2.20. The van der Waals surface area contributed by atoms with E-state index in [4.69, 9.17) is 4.74 Å². The van der Waals surface area contributed by atoms with Crippen molar-refractivity contribution >= 4 is 18.0 Å². The summed E-state index contributed by atoms with van der Waals surface area (Å²) in [4.78, 5) is 26.2. The summed E-state index contributed by atoms with van der Waals surface area (Å²) in [6.07, 6.45) is 1.68. The third-order valence-corrected chi connectivity index (χ3v) is 5.14. The first-order valence-corrected chi connectivity index (χ1v) is 10.2. The third kappa shape index (κ3) is 5.01. The van der Waals surface area contributed by atoms with Crippen LogP contribution < -0.4 is 10.1 Å². The van der Waals surface area contributed by atoms with E-state index in [1.54, 1.807) is 6.08 Å². The van der Waals surface area contributed by atoms with Gasteiger partial charge < -0.3 is 10.1 Å². The summed E-state index contributed by atoms with van der Waals surface area (Å²) in [5.74, 6) is 0.413. The van der Waals surface area contributed by atoms with Gasteiger partial charge in [0.05, 0.1) is 6.54 Å². The molecular weight excluding hydrogens is 388 g/mol. The zero-order chi connectivity index (χ0) is 21.8. The number of nitrogens with zero attached hydrogens (tertiary/aromatic N) is 1. The average molecular weight is 412 g/mol. The van der Waals surface area contributed by atoms with E-state index >= 15 is 0 Å². The van der Waals surface area contributed by atoms with Crippen molar-refractivity contribution in [3.8, 4) is 5.75 Å². The Hall–Kier alpha value is -3.86. The molecule has 0 saturated carbocycles. The Morgan fingerprint density at radius 2 is 1.39 bits per heavy atom. The van der Waals surface area contributed by atoms with Gasteiger partial charge in [-0.2, -0.15) is 0 Å². The summed E-state index contributed by atoms with van der Waals surface area (Å²) < 4.78 is 5.82. The quantitative estimate of drug-likeness (QED) is 0.459. The number of amides is 3. The van der Waals surface area contributed by atoms with E-state index < -0.39 is 6.03 Å². The summed E-state index contributed by atoms with van der Waals surface area (Å²) in [7, 11) is 0. The van der Waals surface area contributed by atoms with Crippen LogP contribution in [0.5, 0.6) is 5.75 Å². The van der Waals surface area contributed by atoms with Crippen molar-refractivity contribution in [1.82, 2.24) is 10.2 Å². The molecule has 0 spiro atoms. The molecule has 1 saturated heterocycles. The number of hydrogen-bond acceptors (Lipinski definition) is 3. The maximum absolute atomic E-state index is 12.7. The summed E-state index contributed by atoms with van der Waals surface area (Å²) in [6, 6.07) is 23.0. The van der Waals surface area contributed by atoms with Crippen LogP contribution in [0, 0.1) is 13.8 Å². The molecule has 0 atom stereocenters. The smallest absolute Gasteiger partial charge is 0.329 e. The molecule has 5 nitrogen and oxygen atoms in total. The number of carbonyl (C=O) groups is 2. The predicted octanol–water partition coefficient (Wildman–Crippen LogP) is 4.98. The van der Waals surface area contributed by atoms with Crippen molar-refractivity contribution in [2.45, 2.75) is 27.0 Å². The number of hydrogen-bond donors (Lipinski definition) is 1. The topological polar surface area (TPSA) is 58.6 Å². The fourth-order valence-electron chi connectivity index (χ4n) is 3.27. The molecule has 1 N–H and O–H groups in total. The summed E-state index contributed by atoms with van der Waals surface area (Å²) in [5.41, 5.74) is 5.43. The van der Waals surface area contributed by atoms with Crippen LogP contribution in [-0.2, 0) is 17.9 Å². The zero-order valence-electron chi connectivity index (χ0n) is 17.6. The molecular formula is C26H24N2O3. The van der Waals surface area contributed by atoms with Gasteiger partial charge >= 0.3 is 6.03 Å². The van der Waals surface area contributed by atoms with E-state index in [-0.39, 0.29) is 18.1 Å². The molecule has 3 aromatic rings. The molecule has 1 aliphatic rings. The fraction of sp³-hybridized carbons (Fsp3) is 0.154. The Bertz CT molecular complexity index is 1110. The van der Waals surface area contributed by atoms with Crippen LogP contribution in [0.3, 0.4) is 0 Å². The monoisotopic (exact) mass is 412 g/mol. The number of nitrogens with one attached hydrogen (secondary N) is 1. The number of urea groups is 1. The normalized spacial score (nSPS) is 14.8. The molecule has 0 radical (unpaired) electrons. The molecule has 0 aromatic heterocycles. The Morgan fingerprint density at radius 1 is 0.806 bits per heavy atom. The molecule has 4 rings (SSSR count). The van der Waals surface area contributed by atoms with Crippen LogP contribution in [0.2, 0.25) is 0 Å². The minimum absolute atomic E-state index is 0.244. The number of imide groups is 1. The van der Waals surface area contributed by atoms with Crippen LogP contribution in [0.25, 0.3) is 6.08 Å². The molecule has 0 bridgehead atoms. The maximum Gasteiger partial charge on any atom is 0.329 e. The maximum atomic E-state index is 12.7. The Morgan fingerprint density at radius 3 is 2.00 bits per heavy atom. The Kier molecular flexibility index (Phi) is 5.85. The Labute approximate surface area is 182 Å². The summed E-state index contributed by atoms with van der Waals surface area (Å²) >= 11 is 0. The molecule has 1 aliphatic heterocycles. The van der Waals surface area contributed by atoms with Crippen LogP contribution >= 0.6 is 0 Å². The molecule has 3 amide bonds. The van der Waals surface area contributed by atoms with Crippen molar-refractivity contribution in [2.24, 2.45) is 0 Å². The number of rotatable bonds is 6. The van der Waals surface area contributed by atoms with E-state index in [1.165, 1.54) is 10.5 Å². The van der Waals surface area contributed by atoms with Gasteiger partial charge in [0.2, 0.25) is 0 Å². The first-order valence-electron chi connectivity index (χ1n) is 10.2. The van der Waals surface area contributed by atoms with Gasteiger partial charge in [-0.05, 0) is 48.7 Å². The molecule has 3 aromatic carbocycles. The summed E-state index contributed by atoms with van der Waals surface area (Å²) in [6.45, 7) is 4.78. The minimum Gasteiger partial charge on any atom is -0.489 e. The van der Waals surface area contributed by atoms with Crippen LogP contribution in [0.4, 0.5) is 4.79 Å². The molecule has 156 valence electrons. The van der Waals surface area contributed by atoms with E-state index in [0.717, 1.165) is 28.0 Å². The lowest BCUT2D eigenvalue weighted by molar-refractivity contribution is -0.123. The second kappa shape index (κ2) is 8.88. The highest BCUT2D eigenvalue weighted by molar-refractivity contribution is 6.13. The van der Waals surface area contributed by atoms with Crippen molar-refractivity contribution < 1.29 is 14.3 Å². The van der Waals surface area contributed by atoms with Gasteiger partial charge in [-0.15, -0.1) is 0 Å². The number of carbonyl (C=O) groups excluding carboxylic acids is 2. The van der Waals surface area contributed by atoms with Crippen molar-refractivity contribution in [3.05, 3.63) is 106 Å². The van der Waals surface area contributed by atoms with Gasteiger partial charge in [-0.3, -0.25) is 9.69 Å². The lowest BCUT2D eigenvalue weighted by atomic mass is 10.1. The van der Waals surface area contributed by atoms with Crippen LogP contribution in [0.1, 0.15) is 27.8 Å². The van der Waals surface area contributed by atoms with Gasteiger partial charge in [0, 0.05) is 0 Å². The standard InChI is InChI=1S/C26H24N2O3/c1-18-3-7-21(8-4-18)16-28-25(29)24(27-26(28)30)15-20-11-13-23(14-12-20)31-17-22-9-5-19(2)6-10-22/h3-15H,16-17H2,1-2H3,(H,27,30)/b24-15+. The van der Waals surface area contributed by atoms with Gasteiger partial charge in [0.15, 0.2) is 0 Å². The van der Waals surface area contributed by atoms with Gasteiger partial charge in [-0.1, -0.05) is 71.8 Å². The van der Waals surface area contributed by atoms with Gasteiger partial charge in [-0.25, -0.2) is 4.79 Å². The van der Waals surface area contributed by atoms with E-state index in [9.17, 15) is 9.59 Å². The highest BCUT2D eigenvalue weighted by Gasteiger charge is 2.33. The zero-order valence-corrected chi connectivity index (χ0v) is 17.6. The number of ether oxygens (including phenoxy) is 1. The number of aryl methyl sites for hydroxylation is 2. The SMILES string of the molecule is Cc1ccc(COc2ccc(/C=C3/NC(=O)N(Cc4ccc(C)cc4)C3=O)cc2)cc1. The first-order chi connectivity index (χ1) is 15.0. The number of benzene rings is 3. The van der Waals surface area contributed by atoms with Crippen molar-refractivity contribution in [3.63, 3.8) is 0 Å². The summed E-state index contributed by atoms with van der Waals surface area (Å²) in [5, 5.41) is 2.67. The van der Waals surface area contributed by atoms with Crippen molar-refractivity contribution in [1.29, 1.82) is 0 Å². The van der Waals surface area contributed by atoms with Gasteiger partial charge in [0.1, 0.15) is 18.1 Å². The first kappa shape index (κ1) is 20.4. The second-order valence-electron chi connectivity index (χ2n) is 7.71. The van der Waals surface area contributed by atoms with Gasteiger partial charge in [0.25, 0.3) is 5.91 Å². The van der Waals surface area contributed by atoms with E-state index in [0.29, 0.717) is 6.61 Å². The lowest BCUT2D eigenvalue weighted by Gasteiger charge is -2.11. The Balaban J connectivity index is 1.39. The second-order valence-corrected chi connectivity index (χ2v) is 7.71.